The van der Waals surface area contributed by atoms with Gasteiger partial charge in [-0.15, -0.1) is 0 Å². The van der Waals surface area contributed by atoms with E-state index in [1.165, 1.54) is 0 Å². The molecule has 2 N–H and O–H groups in total. The van der Waals surface area contributed by atoms with Gasteiger partial charge in [0, 0.05) is 11.1 Å². The smallest absolute Gasteiger partial charge is 0.305 e. The Labute approximate surface area is 155 Å². The van der Waals surface area contributed by atoms with Crippen LogP contribution in [0.25, 0.3) is 0 Å². The number of carbonyl (C=O) groups excluding carboxylic acids is 1. The lowest BCUT2D eigenvalue weighted by Crippen LogP contribution is -2.38. The Balaban J connectivity index is 1.62. The Hall–Kier alpha value is -2.73. The Morgan fingerprint density at radius 2 is 1.77 bits per heavy atom. The molecule has 1 aliphatic rings. The molecule has 136 valence electrons. The third-order valence-electron chi connectivity index (χ3n) is 3.98. The first-order valence-electron chi connectivity index (χ1n) is 8.14. The number of benzene rings is 2. The zero-order chi connectivity index (χ0) is 18.5. The molecule has 1 amide bonds. The van der Waals surface area contributed by atoms with E-state index in [0.29, 0.717) is 22.9 Å². The Morgan fingerprint density at radius 3 is 2.50 bits per heavy atom. The molecule has 1 unspecified atom stereocenters. The average Bonchev–Trinajstić information content (AvgIpc) is 3.04. The van der Waals surface area contributed by atoms with E-state index in [9.17, 15) is 9.59 Å². The summed E-state index contributed by atoms with van der Waals surface area (Å²) < 4.78 is 10.5. The lowest BCUT2D eigenvalue weighted by atomic mass is 10.0. The lowest BCUT2D eigenvalue weighted by Gasteiger charge is -2.17. The number of ether oxygens (including phenoxy) is 2. The molecule has 0 radical (unpaired) electrons. The highest BCUT2D eigenvalue weighted by Gasteiger charge is 2.18. The summed E-state index contributed by atoms with van der Waals surface area (Å²) in [5.74, 6) is 0.0515. The molecule has 0 fully saturated rings. The average molecular weight is 376 g/mol. The minimum atomic E-state index is -0.965. The van der Waals surface area contributed by atoms with Gasteiger partial charge in [-0.3, -0.25) is 9.59 Å². The number of fused-ring (bicyclic) bond motifs is 1. The summed E-state index contributed by atoms with van der Waals surface area (Å²) in [5.41, 5.74) is 1.68. The Kier molecular flexibility index (Phi) is 5.63. The van der Waals surface area contributed by atoms with E-state index in [1.54, 1.807) is 30.3 Å². The first kappa shape index (κ1) is 18.1. The highest BCUT2D eigenvalue weighted by Crippen LogP contribution is 2.32. The number of hydrogen-bond donors (Lipinski definition) is 2. The number of carboxylic acids is 1. The van der Waals surface area contributed by atoms with Crippen molar-refractivity contribution in [3.05, 3.63) is 58.6 Å². The number of hydrogen-bond acceptors (Lipinski definition) is 4. The van der Waals surface area contributed by atoms with E-state index >= 15 is 0 Å². The molecule has 6 nitrogen and oxygen atoms in total. The summed E-state index contributed by atoms with van der Waals surface area (Å²) >= 11 is 5.86. The predicted molar refractivity (Wildman–Crippen MR) is 95.6 cm³/mol. The number of carboxylic acid groups (broad SMARTS) is 1. The molecule has 2 aromatic rings. The Morgan fingerprint density at radius 1 is 1.08 bits per heavy atom. The summed E-state index contributed by atoms with van der Waals surface area (Å²) in [6.07, 6.45) is 0.388. The van der Waals surface area contributed by atoms with Crippen molar-refractivity contribution >= 4 is 23.5 Å². The monoisotopic (exact) mass is 375 g/mol. The fourth-order valence-corrected chi connectivity index (χ4v) is 2.93. The zero-order valence-electron chi connectivity index (χ0n) is 13.9. The highest BCUT2D eigenvalue weighted by molar-refractivity contribution is 6.30. The zero-order valence-corrected chi connectivity index (χ0v) is 14.7. The summed E-state index contributed by atoms with van der Waals surface area (Å²) in [5, 5.41) is 12.5. The molecule has 7 heteroatoms. The van der Waals surface area contributed by atoms with E-state index in [0.717, 1.165) is 11.1 Å². The molecule has 0 aliphatic carbocycles. The number of halogens is 1. The molecule has 0 saturated carbocycles. The van der Waals surface area contributed by atoms with Gasteiger partial charge in [0.2, 0.25) is 12.7 Å². The van der Waals surface area contributed by atoms with Gasteiger partial charge in [0.05, 0.1) is 12.8 Å². The highest BCUT2D eigenvalue weighted by atomic mass is 35.5. The Bertz CT molecular complexity index is 806. The van der Waals surface area contributed by atoms with Crippen LogP contribution >= 0.6 is 11.6 Å². The predicted octanol–water partition coefficient (Wildman–Crippen LogP) is 2.81. The van der Waals surface area contributed by atoms with Crippen LogP contribution < -0.4 is 14.8 Å². The second-order valence-corrected chi connectivity index (χ2v) is 6.49. The molecule has 0 saturated heterocycles. The van der Waals surface area contributed by atoms with Crippen LogP contribution in [0.2, 0.25) is 5.02 Å². The number of carbonyl (C=O) groups is 2. The third-order valence-corrected chi connectivity index (χ3v) is 4.24. The van der Waals surface area contributed by atoms with Gasteiger partial charge in [-0.2, -0.15) is 0 Å². The topological polar surface area (TPSA) is 84.9 Å². The molecule has 3 rings (SSSR count). The maximum absolute atomic E-state index is 12.4. The molecule has 26 heavy (non-hydrogen) atoms. The van der Waals surface area contributed by atoms with Gasteiger partial charge in [0.1, 0.15) is 0 Å². The molecule has 0 aromatic heterocycles. The third kappa shape index (κ3) is 4.89. The van der Waals surface area contributed by atoms with E-state index < -0.39 is 12.0 Å². The maximum atomic E-state index is 12.4. The van der Waals surface area contributed by atoms with Gasteiger partial charge in [-0.1, -0.05) is 29.8 Å². The van der Waals surface area contributed by atoms with Gasteiger partial charge in [0.25, 0.3) is 0 Å². The van der Waals surface area contributed by atoms with Gasteiger partial charge >= 0.3 is 5.97 Å². The molecule has 0 bridgehead atoms. The summed E-state index contributed by atoms with van der Waals surface area (Å²) in [6, 6.07) is 11.9. The van der Waals surface area contributed by atoms with Crippen LogP contribution in [0, 0.1) is 0 Å². The lowest BCUT2D eigenvalue weighted by molar-refractivity contribution is -0.137. The van der Waals surface area contributed by atoms with Crippen molar-refractivity contribution in [3.8, 4) is 11.5 Å². The molecular weight excluding hydrogens is 358 g/mol. The van der Waals surface area contributed by atoms with Crippen molar-refractivity contribution in [2.75, 3.05) is 6.79 Å². The van der Waals surface area contributed by atoms with Crippen LogP contribution in [-0.2, 0) is 22.4 Å². The van der Waals surface area contributed by atoms with Crippen LogP contribution in [0.4, 0.5) is 0 Å². The van der Waals surface area contributed by atoms with Crippen LogP contribution in [0.15, 0.2) is 42.5 Å². The molecule has 1 heterocycles. The first-order valence-corrected chi connectivity index (χ1v) is 8.51. The molecule has 0 spiro atoms. The second-order valence-electron chi connectivity index (χ2n) is 6.06. The maximum Gasteiger partial charge on any atom is 0.305 e. The van der Waals surface area contributed by atoms with Crippen molar-refractivity contribution in [2.24, 2.45) is 0 Å². The largest absolute Gasteiger partial charge is 0.481 e. The molecule has 1 atom stereocenters. The van der Waals surface area contributed by atoms with Gasteiger partial charge in [0.15, 0.2) is 11.5 Å². The normalized spacial score (nSPS) is 13.3. The SMILES string of the molecule is O=C(O)CC(Cc1ccc(Cl)cc1)NC(=O)Cc1ccc2c(c1)OCO2. The van der Waals surface area contributed by atoms with E-state index in [-0.39, 0.29) is 25.5 Å². The first-order chi connectivity index (χ1) is 12.5. The van der Waals surface area contributed by atoms with Crippen molar-refractivity contribution in [3.63, 3.8) is 0 Å². The van der Waals surface area contributed by atoms with Crippen LogP contribution in [-0.4, -0.2) is 29.8 Å². The van der Waals surface area contributed by atoms with Crippen molar-refractivity contribution in [1.82, 2.24) is 5.32 Å². The summed E-state index contributed by atoms with van der Waals surface area (Å²) in [4.78, 5) is 23.5. The van der Waals surface area contributed by atoms with Gasteiger partial charge < -0.3 is 19.9 Å². The quantitative estimate of drug-likeness (QED) is 0.777. The van der Waals surface area contributed by atoms with Gasteiger partial charge in [-0.25, -0.2) is 0 Å². The number of aliphatic carboxylic acids is 1. The minimum absolute atomic E-state index is 0.132. The van der Waals surface area contributed by atoms with Crippen LogP contribution in [0.1, 0.15) is 17.5 Å². The van der Waals surface area contributed by atoms with Crippen LogP contribution in [0.5, 0.6) is 11.5 Å². The van der Waals surface area contributed by atoms with Crippen LogP contribution in [0.3, 0.4) is 0 Å². The summed E-state index contributed by atoms with van der Waals surface area (Å²) in [6.45, 7) is 0.173. The number of rotatable bonds is 7. The van der Waals surface area contributed by atoms with E-state index in [2.05, 4.69) is 5.32 Å². The minimum Gasteiger partial charge on any atom is -0.481 e. The number of amides is 1. The molecule has 2 aromatic carbocycles. The van der Waals surface area contributed by atoms with E-state index in [1.807, 2.05) is 12.1 Å². The molecular formula is C19H18ClNO5. The fourth-order valence-electron chi connectivity index (χ4n) is 2.81. The van der Waals surface area contributed by atoms with Crippen molar-refractivity contribution < 1.29 is 24.2 Å². The van der Waals surface area contributed by atoms with Gasteiger partial charge in [-0.05, 0) is 41.8 Å². The van der Waals surface area contributed by atoms with E-state index in [4.69, 9.17) is 26.2 Å². The second kappa shape index (κ2) is 8.10. The van der Waals surface area contributed by atoms with Crippen molar-refractivity contribution in [1.29, 1.82) is 0 Å². The fraction of sp³-hybridized carbons (Fsp3) is 0.263. The number of nitrogens with one attached hydrogen (secondary N) is 1. The van der Waals surface area contributed by atoms with Crippen molar-refractivity contribution in [2.45, 2.75) is 25.3 Å². The molecule has 1 aliphatic heterocycles. The summed E-state index contributed by atoms with van der Waals surface area (Å²) in [7, 11) is 0. The standard InChI is InChI=1S/C19H18ClNO5/c20-14-4-1-12(2-5-14)7-15(10-19(23)24)21-18(22)9-13-3-6-16-17(8-13)26-11-25-16/h1-6,8,15H,7,9-11H2,(H,21,22)(H,23,24).